The van der Waals surface area contributed by atoms with Crippen LogP contribution in [-0.4, -0.2) is 12.6 Å². The quantitative estimate of drug-likeness (QED) is 0.802. The van der Waals surface area contributed by atoms with E-state index in [0.29, 0.717) is 11.6 Å². The summed E-state index contributed by atoms with van der Waals surface area (Å²) in [6.07, 6.45) is 3.81. The number of nitrogens with one attached hydrogen (secondary N) is 1. The first kappa shape index (κ1) is 15.4. The molecule has 3 heteroatoms. The minimum atomic E-state index is -0.393. The zero-order chi connectivity index (χ0) is 14.8. The van der Waals surface area contributed by atoms with Gasteiger partial charge in [-0.3, -0.25) is 0 Å². The van der Waals surface area contributed by atoms with Gasteiger partial charge >= 0.3 is 0 Å². The van der Waals surface area contributed by atoms with Crippen LogP contribution in [0.1, 0.15) is 57.9 Å². The third kappa shape index (κ3) is 2.37. The largest absolute Gasteiger partial charge is 0.313 e. The van der Waals surface area contributed by atoms with Gasteiger partial charge in [-0.15, -0.1) is 0 Å². The molecule has 1 nitrogen and oxygen atoms in total. The van der Waals surface area contributed by atoms with Crippen molar-refractivity contribution in [3.05, 3.63) is 35.4 Å². The molecule has 0 spiro atoms. The summed E-state index contributed by atoms with van der Waals surface area (Å²) in [5.41, 5.74) is 0.281. The Balaban J connectivity index is 2.29. The summed E-state index contributed by atoms with van der Waals surface area (Å²) in [4.78, 5) is 0. The summed E-state index contributed by atoms with van der Waals surface area (Å²) >= 11 is 0. The van der Waals surface area contributed by atoms with Gasteiger partial charge in [-0.25, -0.2) is 8.78 Å². The van der Waals surface area contributed by atoms with Crippen LogP contribution in [0.5, 0.6) is 0 Å². The topological polar surface area (TPSA) is 12.0 Å². The monoisotopic (exact) mass is 281 g/mol. The van der Waals surface area contributed by atoms with Crippen molar-refractivity contribution < 1.29 is 8.78 Å². The molecule has 0 bridgehead atoms. The zero-order valence-corrected chi connectivity index (χ0v) is 12.7. The van der Waals surface area contributed by atoms with E-state index < -0.39 is 11.6 Å². The number of hydrogen-bond donors (Lipinski definition) is 1. The third-order valence-electron chi connectivity index (χ3n) is 5.16. The fraction of sp³-hybridized carbons (Fsp3) is 0.647. The Morgan fingerprint density at radius 1 is 1.15 bits per heavy atom. The molecule has 1 aromatic rings. The van der Waals surface area contributed by atoms with Gasteiger partial charge in [0.25, 0.3) is 0 Å². The van der Waals surface area contributed by atoms with Crippen LogP contribution in [0.3, 0.4) is 0 Å². The van der Waals surface area contributed by atoms with Crippen LogP contribution in [0.4, 0.5) is 8.78 Å². The lowest BCUT2D eigenvalue weighted by atomic mass is 9.51. The van der Waals surface area contributed by atoms with Gasteiger partial charge < -0.3 is 5.32 Å². The molecule has 1 aliphatic carbocycles. The SMILES string of the molecule is CCCNC1CC(c2c(F)cccc2F)C1(CC)CC. The van der Waals surface area contributed by atoms with Crippen LogP contribution < -0.4 is 5.32 Å². The predicted molar refractivity (Wildman–Crippen MR) is 78.8 cm³/mol. The maximum absolute atomic E-state index is 14.1. The fourth-order valence-electron chi connectivity index (χ4n) is 3.88. The summed E-state index contributed by atoms with van der Waals surface area (Å²) in [7, 11) is 0. The summed E-state index contributed by atoms with van der Waals surface area (Å²) in [6, 6.07) is 4.57. The second-order valence-corrected chi connectivity index (χ2v) is 5.87. The number of benzene rings is 1. The molecule has 2 rings (SSSR count). The summed E-state index contributed by atoms with van der Waals surface area (Å²) < 4.78 is 28.1. The standard InChI is InChI=1S/C17H25F2N/c1-4-10-20-15-11-12(17(15,5-2)6-3)16-13(18)8-7-9-14(16)19/h7-9,12,15,20H,4-6,10-11H2,1-3H3. The van der Waals surface area contributed by atoms with E-state index in [0.717, 1.165) is 32.2 Å². The fourth-order valence-corrected chi connectivity index (χ4v) is 3.88. The van der Waals surface area contributed by atoms with Gasteiger partial charge in [-0.2, -0.15) is 0 Å². The number of halogens is 2. The van der Waals surface area contributed by atoms with Crippen LogP contribution in [0.25, 0.3) is 0 Å². The van der Waals surface area contributed by atoms with Crippen LogP contribution in [0.15, 0.2) is 18.2 Å². The maximum atomic E-state index is 14.1. The second kappa shape index (κ2) is 6.21. The Kier molecular flexibility index (Phi) is 4.79. The lowest BCUT2D eigenvalue weighted by Crippen LogP contribution is -2.58. The van der Waals surface area contributed by atoms with Gasteiger partial charge in [0.05, 0.1) is 0 Å². The summed E-state index contributed by atoms with van der Waals surface area (Å²) in [5, 5.41) is 3.56. The minimum absolute atomic E-state index is 0.00643. The van der Waals surface area contributed by atoms with E-state index in [2.05, 4.69) is 26.1 Å². The van der Waals surface area contributed by atoms with Crippen molar-refractivity contribution in [3.63, 3.8) is 0 Å². The predicted octanol–water partition coefficient (Wildman–Crippen LogP) is 4.63. The Morgan fingerprint density at radius 3 is 2.25 bits per heavy atom. The van der Waals surface area contributed by atoms with E-state index >= 15 is 0 Å². The smallest absolute Gasteiger partial charge is 0.129 e. The molecule has 0 heterocycles. The lowest BCUT2D eigenvalue weighted by Gasteiger charge is -2.56. The molecule has 20 heavy (non-hydrogen) atoms. The molecule has 1 aliphatic rings. The lowest BCUT2D eigenvalue weighted by molar-refractivity contribution is 0.0165. The van der Waals surface area contributed by atoms with E-state index in [1.54, 1.807) is 0 Å². The van der Waals surface area contributed by atoms with Crippen LogP contribution >= 0.6 is 0 Å². The van der Waals surface area contributed by atoms with E-state index in [9.17, 15) is 8.78 Å². The van der Waals surface area contributed by atoms with Crippen molar-refractivity contribution in [2.24, 2.45) is 5.41 Å². The molecule has 2 atom stereocenters. The minimum Gasteiger partial charge on any atom is -0.313 e. The van der Waals surface area contributed by atoms with Gasteiger partial charge in [0.15, 0.2) is 0 Å². The van der Waals surface area contributed by atoms with Gasteiger partial charge in [-0.1, -0.05) is 26.8 Å². The Morgan fingerprint density at radius 2 is 1.75 bits per heavy atom. The third-order valence-corrected chi connectivity index (χ3v) is 5.16. The van der Waals surface area contributed by atoms with Crippen molar-refractivity contribution in [1.29, 1.82) is 0 Å². The first-order valence-corrected chi connectivity index (χ1v) is 7.78. The Hall–Kier alpha value is -0.960. The molecular weight excluding hydrogens is 256 g/mol. The number of hydrogen-bond acceptors (Lipinski definition) is 1. The van der Waals surface area contributed by atoms with Crippen molar-refractivity contribution in [2.45, 2.75) is 58.4 Å². The summed E-state index contributed by atoms with van der Waals surface area (Å²) in [5.74, 6) is -0.793. The average Bonchev–Trinajstić information content (AvgIpc) is 2.42. The molecule has 0 radical (unpaired) electrons. The molecular formula is C17H25F2N. The first-order valence-electron chi connectivity index (χ1n) is 7.78. The highest BCUT2D eigenvalue weighted by Gasteiger charge is 2.53. The van der Waals surface area contributed by atoms with Crippen LogP contribution in [0.2, 0.25) is 0 Å². The van der Waals surface area contributed by atoms with Gasteiger partial charge in [0, 0.05) is 11.6 Å². The second-order valence-electron chi connectivity index (χ2n) is 5.87. The molecule has 0 saturated heterocycles. The molecule has 112 valence electrons. The highest BCUT2D eigenvalue weighted by molar-refractivity contribution is 5.31. The maximum Gasteiger partial charge on any atom is 0.129 e. The highest BCUT2D eigenvalue weighted by Crippen LogP contribution is 2.58. The van der Waals surface area contributed by atoms with Crippen LogP contribution in [-0.2, 0) is 0 Å². The molecule has 2 unspecified atom stereocenters. The molecule has 0 aliphatic heterocycles. The Labute approximate surface area is 120 Å². The van der Waals surface area contributed by atoms with Gasteiger partial charge in [0.1, 0.15) is 11.6 Å². The molecule has 1 saturated carbocycles. The van der Waals surface area contributed by atoms with Crippen molar-refractivity contribution in [1.82, 2.24) is 5.32 Å². The highest BCUT2D eigenvalue weighted by atomic mass is 19.1. The zero-order valence-electron chi connectivity index (χ0n) is 12.7. The van der Waals surface area contributed by atoms with E-state index in [1.807, 2.05) is 0 Å². The van der Waals surface area contributed by atoms with E-state index in [-0.39, 0.29) is 11.3 Å². The average molecular weight is 281 g/mol. The molecule has 1 fully saturated rings. The normalized spacial score (nSPS) is 24.4. The number of rotatable bonds is 6. The molecule has 0 amide bonds. The van der Waals surface area contributed by atoms with Gasteiger partial charge in [-0.05, 0) is 55.7 Å². The van der Waals surface area contributed by atoms with E-state index in [1.165, 1.54) is 18.2 Å². The summed E-state index contributed by atoms with van der Waals surface area (Å²) in [6.45, 7) is 7.38. The van der Waals surface area contributed by atoms with Crippen LogP contribution in [0, 0.1) is 17.0 Å². The van der Waals surface area contributed by atoms with E-state index in [4.69, 9.17) is 0 Å². The van der Waals surface area contributed by atoms with Crippen molar-refractivity contribution >= 4 is 0 Å². The molecule has 1 N–H and O–H groups in total. The molecule has 0 aromatic heterocycles. The van der Waals surface area contributed by atoms with Gasteiger partial charge in [0.2, 0.25) is 0 Å². The van der Waals surface area contributed by atoms with Crippen molar-refractivity contribution in [2.75, 3.05) is 6.54 Å². The molecule has 1 aromatic carbocycles. The van der Waals surface area contributed by atoms with Crippen molar-refractivity contribution in [3.8, 4) is 0 Å². The Bertz CT molecular complexity index is 434. The first-order chi connectivity index (χ1) is 9.60.